The first-order valence-electron chi connectivity index (χ1n) is 13.7. The Morgan fingerprint density at radius 3 is 2.44 bits per heavy atom. The zero-order valence-corrected chi connectivity index (χ0v) is 26.5. The molecule has 45 heavy (non-hydrogen) atoms. The van der Waals surface area contributed by atoms with Crippen LogP contribution in [0.2, 0.25) is 5.02 Å². The van der Waals surface area contributed by atoms with Crippen molar-refractivity contribution in [2.24, 2.45) is 0 Å². The molecule has 4 aromatic carbocycles. The zero-order valence-electron chi connectivity index (χ0n) is 24.1. The molecule has 1 fully saturated rings. The van der Waals surface area contributed by atoms with Crippen LogP contribution in [0.3, 0.4) is 0 Å². The van der Waals surface area contributed by atoms with Gasteiger partial charge in [0.1, 0.15) is 17.3 Å². The number of amides is 3. The molecule has 4 aromatic rings. The highest BCUT2D eigenvalue weighted by Crippen LogP contribution is 2.40. The van der Waals surface area contributed by atoms with Crippen LogP contribution in [0.5, 0.6) is 17.2 Å². The lowest BCUT2D eigenvalue weighted by Gasteiger charge is -2.15. The second kappa shape index (κ2) is 13.6. The van der Waals surface area contributed by atoms with Crippen LogP contribution < -0.4 is 19.0 Å². The van der Waals surface area contributed by atoms with Crippen molar-refractivity contribution in [1.29, 1.82) is 0 Å². The molecule has 0 atom stereocenters. The number of anilines is 1. The SMILES string of the molecule is CCOc1cc(/C=C2\SC(=O)N(CCOc3cccc4ccccc34)C2=O)cc(Cl)c1OS(=O)(=O)c1ccc(NC(C)=O)cc1. The van der Waals surface area contributed by atoms with Crippen molar-refractivity contribution in [1.82, 2.24) is 4.90 Å². The molecule has 232 valence electrons. The van der Waals surface area contributed by atoms with Gasteiger partial charge < -0.3 is 19.0 Å². The molecule has 5 rings (SSSR count). The maximum absolute atomic E-state index is 13.1. The van der Waals surface area contributed by atoms with E-state index in [1.165, 1.54) is 49.4 Å². The minimum Gasteiger partial charge on any atom is -0.491 e. The summed E-state index contributed by atoms with van der Waals surface area (Å²) in [5.41, 5.74) is 0.811. The van der Waals surface area contributed by atoms with Crippen molar-refractivity contribution in [3.05, 3.63) is 94.4 Å². The van der Waals surface area contributed by atoms with E-state index >= 15 is 0 Å². The number of imide groups is 1. The molecule has 1 heterocycles. The van der Waals surface area contributed by atoms with Gasteiger partial charge in [-0.1, -0.05) is 48.0 Å². The van der Waals surface area contributed by atoms with Crippen LogP contribution in [0.1, 0.15) is 19.4 Å². The average molecular weight is 667 g/mol. The molecule has 10 nitrogen and oxygen atoms in total. The Balaban J connectivity index is 1.31. The number of halogens is 1. The molecule has 13 heteroatoms. The summed E-state index contributed by atoms with van der Waals surface area (Å²) in [6, 6.07) is 21.7. The Hall–Kier alpha value is -4.52. The zero-order chi connectivity index (χ0) is 32.1. The Morgan fingerprint density at radius 1 is 0.978 bits per heavy atom. The molecular formula is C32H27ClN2O8S2. The highest BCUT2D eigenvalue weighted by atomic mass is 35.5. The van der Waals surface area contributed by atoms with Gasteiger partial charge in [-0.2, -0.15) is 8.42 Å². The number of benzene rings is 4. The van der Waals surface area contributed by atoms with E-state index in [0.717, 1.165) is 27.4 Å². The van der Waals surface area contributed by atoms with Gasteiger partial charge in [-0.25, -0.2) is 0 Å². The Bertz CT molecular complexity index is 1920. The molecule has 0 unspecified atom stereocenters. The van der Waals surface area contributed by atoms with Gasteiger partial charge in [0, 0.05) is 18.0 Å². The normalized spacial score (nSPS) is 14.2. The van der Waals surface area contributed by atoms with Gasteiger partial charge in [0.25, 0.3) is 11.1 Å². The van der Waals surface area contributed by atoms with Gasteiger partial charge >= 0.3 is 10.1 Å². The summed E-state index contributed by atoms with van der Waals surface area (Å²) in [4.78, 5) is 38.2. The summed E-state index contributed by atoms with van der Waals surface area (Å²) in [7, 11) is -4.34. The number of nitrogens with zero attached hydrogens (tertiary/aromatic N) is 1. The lowest BCUT2D eigenvalue weighted by molar-refractivity contribution is -0.123. The lowest BCUT2D eigenvalue weighted by Crippen LogP contribution is -2.32. The summed E-state index contributed by atoms with van der Waals surface area (Å²) in [5, 5.41) is 3.96. The number of hydrogen-bond donors (Lipinski definition) is 1. The molecule has 0 aromatic heterocycles. The molecule has 3 amide bonds. The first-order chi connectivity index (χ1) is 21.6. The maximum Gasteiger partial charge on any atom is 0.339 e. The third-order valence-corrected chi connectivity index (χ3v) is 8.91. The molecular weight excluding hydrogens is 640 g/mol. The van der Waals surface area contributed by atoms with Crippen LogP contribution in [0.4, 0.5) is 10.5 Å². The number of rotatable bonds is 11. The molecule has 1 N–H and O–H groups in total. The van der Waals surface area contributed by atoms with E-state index in [9.17, 15) is 22.8 Å². The fraction of sp³-hybridized carbons (Fsp3) is 0.156. The fourth-order valence-electron chi connectivity index (χ4n) is 4.49. The summed E-state index contributed by atoms with van der Waals surface area (Å²) in [6.45, 7) is 3.35. The van der Waals surface area contributed by atoms with E-state index in [2.05, 4.69) is 5.32 Å². The minimum absolute atomic E-state index is 0.0254. The van der Waals surface area contributed by atoms with Crippen molar-refractivity contribution >= 4 is 73.1 Å². The number of carbonyl (C=O) groups excluding carboxylic acids is 3. The third kappa shape index (κ3) is 7.42. The number of thioether (sulfide) groups is 1. The smallest absolute Gasteiger partial charge is 0.339 e. The highest BCUT2D eigenvalue weighted by molar-refractivity contribution is 8.18. The Kier molecular flexibility index (Phi) is 9.66. The van der Waals surface area contributed by atoms with Crippen molar-refractivity contribution in [2.45, 2.75) is 18.7 Å². The van der Waals surface area contributed by atoms with Gasteiger partial charge in [0.15, 0.2) is 5.75 Å². The van der Waals surface area contributed by atoms with Crippen LogP contribution >= 0.6 is 23.4 Å². The van der Waals surface area contributed by atoms with Crippen molar-refractivity contribution in [2.75, 3.05) is 25.1 Å². The second-order valence-corrected chi connectivity index (χ2v) is 12.6. The number of nitrogens with one attached hydrogen (secondary N) is 1. The standard InChI is InChI=1S/C32H27ClN2O8S2/c1-3-41-28-18-21(17-26(33)30(28)43-45(39,40)24-13-11-23(12-14-24)34-20(2)36)19-29-31(37)35(32(38)44-29)15-16-42-27-10-6-8-22-7-4-5-9-25(22)27/h4-14,17-19H,3,15-16H2,1-2H3,(H,34,36)/b29-19-. The van der Waals surface area contributed by atoms with Gasteiger partial charge in [-0.05, 0) is 78.2 Å². The molecule has 0 radical (unpaired) electrons. The Labute approximate surface area is 269 Å². The highest BCUT2D eigenvalue weighted by Gasteiger charge is 2.35. The summed E-state index contributed by atoms with van der Waals surface area (Å²) in [6.07, 6.45) is 1.48. The fourth-order valence-corrected chi connectivity index (χ4v) is 6.62. The van der Waals surface area contributed by atoms with Crippen molar-refractivity contribution in [3.63, 3.8) is 0 Å². The van der Waals surface area contributed by atoms with Crippen molar-refractivity contribution in [3.8, 4) is 17.2 Å². The van der Waals surface area contributed by atoms with Gasteiger partial charge in [-0.15, -0.1) is 0 Å². The van der Waals surface area contributed by atoms with Crippen LogP contribution in [-0.4, -0.2) is 50.1 Å². The molecule has 0 aliphatic carbocycles. The lowest BCUT2D eigenvalue weighted by atomic mass is 10.1. The molecule has 1 saturated heterocycles. The monoisotopic (exact) mass is 666 g/mol. The molecule has 0 bridgehead atoms. The van der Waals surface area contributed by atoms with Crippen LogP contribution in [0, 0.1) is 0 Å². The van der Waals surface area contributed by atoms with E-state index in [4.69, 9.17) is 25.3 Å². The molecule has 0 spiro atoms. The number of hydrogen-bond acceptors (Lipinski definition) is 9. The van der Waals surface area contributed by atoms with Gasteiger partial charge in [0.2, 0.25) is 11.7 Å². The predicted molar refractivity (Wildman–Crippen MR) is 173 cm³/mol. The van der Waals surface area contributed by atoms with Crippen LogP contribution in [0.25, 0.3) is 16.8 Å². The summed E-state index contributed by atoms with van der Waals surface area (Å²) in [5.74, 6) is -0.352. The predicted octanol–water partition coefficient (Wildman–Crippen LogP) is 6.73. The maximum atomic E-state index is 13.1. The van der Waals surface area contributed by atoms with E-state index in [1.807, 2.05) is 42.5 Å². The van der Waals surface area contributed by atoms with Gasteiger partial charge in [0.05, 0.1) is 23.1 Å². The minimum atomic E-state index is -4.34. The first kappa shape index (κ1) is 31.9. The largest absolute Gasteiger partial charge is 0.491 e. The van der Waals surface area contributed by atoms with E-state index in [-0.39, 0.29) is 52.0 Å². The summed E-state index contributed by atoms with van der Waals surface area (Å²) < 4.78 is 43.0. The molecule has 1 aliphatic rings. The quantitative estimate of drug-likeness (QED) is 0.137. The van der Waals surface area contributed by atoms with E-state index in [1.54, 1.807) is 6.92 Å². The van der Waals surface area contributed by atoms with E-state index in [0.29, 0.717) is 17.0 Å². The topological polar surface area (TPSA) is 128 Å². The number of carbonyl (C=O) groups is 3. The molecule has 1 aliphatic heterocycles. The first-order valence-corrected chi connectivity index (χ1v) is 16.3. The second-order valence-electron chi connectivity index (χ2n) is 9.67. The van der Waals surface area contributed by atoms with Crippen LogP contribution in [0.15, 0.2) is 88.7 Å². The van der Waals surface area contributed by atoms with E-state index < -0.39 is 21.3 Å². The molecule has 0 saturated carbocycles. The van der Waals surface area contributed by atoms with Crippen LogP contribution in [-0.2, 0) is 19.7 Å². The van der Waals surface area contributed by atoms with Gasteiger partial charge in [-0.3, -0.25) is 19.3 Å². The number of ether oxygens (including phenoxy) is 2. The Morgan fingerprint density at radius 2 is 1.71 bits per heavy atom. The van der Waals surface area contributed by atoms with Crippen molar-refractivity contribution < 1.29 is 36.5 Å². The average Bonchev–Trinajstić information content (AvgIpc) is 3.26. The summed E-state index contributed by atoms with van der Waals surface area (Å²) >= 11 is 7.23. The third-order valence-electron chi connectivity index (χ3n) is 6.48. The number of fused-ring (bicyclic) bond motifs is 1.